The zero-order valence-corrected chi connectivity index (χ0v) is 15.9. The van der Waals surface area contributed by atoms with Crippen molar-refractivity contribution in [2.45, 2.75) is 19.3 Å². The third-order valence-electron chi connectivity index (χ3n) is 4.97. The summed E-state index contributed by atoms with van der Waals surface area (Å²) in [6, 6.07) is 11.8. The maximum Gasteiger partial charge on any atom is 0.339 e. The summed E-state index contributed by atoms with van der Waals surface area (Å²) in [6.07, 6.45) is 2.59. The molecule has 7 nitrogen and oxygen atoms in total. The molecule has 2 amide bonds. The van der Waals surface area contributed by atoms with Crippen LogP contribution in [-0.2, 0) is 17.6 Å². The Kier molecular flexibility index (Phi) is 5.03. The first kappa shape index (κ1) is 18.7. The lowest BCUT2D eigenvalue weighted by Crippen LogP contribution is -2.20. The zero-order chi connectivity index (χ0) is 20.4. The van der Waals surface area contributed by atoms with Crippen molar-refractivity contribution in [2.24, 2.45) is 0 Å². The number of nitrogens with one attached hydrogen (secondary N) is 2. The minimum atomic E-state index is -0.340. The first-order valence-corrected chi connectivity index (χ1v) is 9.38. The number of anilines is 1. The number of hydrogen-bond donors (Lipinski definition) is 2. The molecular formula is C22H20N2O5. The summed E-state index contributed by atoms with van der Waals surface area (Å²) in [7, 11) is 1.56. The molecule has 148 valence electrons. The zero-order valence-electron chi connectivity index (χ0n) is 15.9. The highest BCUT2D eigenvalue weighted by atomic mass is 16.5. The van der Waals surface area contributed by atoms with Gasteiger partial charge in [-0.2, -0.15) is 0 Å². The average molecular weight is 392 g/mol. The van der Waals surface area contributed by atoms with Crippen molar-refractivity contribution < 1.29 is 18.7 Å². The molecule has 0 saturated carbocycles. The van der Waals surface area contributed by atoms with Crippen LogP contribution in [0.4, 0.5) is 5.69 Å². The van der Waals surface area contributed by atoms with E-state index in [2.05, 4.69) is 10.6 Å². The number of carbonyl (C=O) groups is 2. The lowest BCUT2D eigenvalue weighted by molar-refractivity contribution is -0.118. The molecule has 1 aliphatic carbocycles. The van der Waals surface area contributed by atoms with Crippen LogP contribution in [0.5, 0.6) is 5.75 Å². The molecule has 1 heterocycles. The van der Waals surface area contributed by atoms with E-state index >= 15 is 0 Å². The second kappa shape index (κ2) is 7.79. The Balaban J connectivity index is 1.41. The van der Waals surface area contributed by atoms with Crippen molar-refractivity contribution in [1.82, 2.24) is 5.32 Å². The second-order valence-corrected chi connectivity index (χ2v) is 6.85. The van der Waals surface area contributed by atoms with Gasteiger partial charge >= 0.3 is 5.63 Å². The maximum atomic E-state index is 12.1. The maximum absolute atomic E-state index is 12.1. The molecule has 0 bridgehead atoms. The van der Waals surface area contributed by atoms with Crippen LogP contribution in [0.2, 0.25) is 0 Å². The Morgan fingerprint density at radius 1 is 1.07 bits per heavy atom. The predicted molar refractivity (Wildman–Crippen MR) is 108 cm³/mol. The molecule has 0 spiro atoms. The second-order valence-electron chi connectivity index (χ2n) is 6.85. The van der Waals surface area contributed by atoms with Crippen LogP contribution in [0.15, 0.2) is 51.7 Å². The topological polar surface area (TPSA) is 97.6 Å². The van der Waals surface area contributed by atoms with Crippen molar-refractivity contribution in [3.05, 3.63) is 69.6 Å². The quantitative estimate of drug-likeness (QED) is 0.651. The van der Waals surface area contributed by atoms with E-state index in [0.717, 1.165) is 35.8 Å². The number of amides is 2. The third-order valence-corrected chi connectivity index (χ3v) is 4.97. The number of ether oxygens (including phenoxy) is 1. The molecule has 0 unspecified atom stereocenters. The Labute approximate surface area is 166 Å². The molecule has 2 aromatic carbocycles. The highest BCUT2D eigenvalue weighted by Crippen LogP contribution is 2.29. The Hall–Kier alpha value is -3.61. The molecule has 0 fully saturated rings. The van der Waals surface area contributed by atoms with Gasteiger partial charge in [0.25, 0.3) is 11.8 Å². The Morgan fingerprint density at radius 2 is 1.83 bits per heavy atom. The van der Waals surface area contributed by atoms with Crippen LogP contribution in [0, 0.1) is 0 Å². The monoisotopic (exact) mass is 392 g/mol. The third kappa shape index (κ3) is 3.85. The summed E-state index contributed by atoms with van der Waals surface area (Å²) in [5.41, 5.74) is 3.07. The molecule has 0 radical (unpaired) electrons. The van der Waals surface area contributed by atoms with Crippen molar-refractivity contribution in [1.29, 1.82) is 0 Å². The molecule has 0 aliphatic heterocycles. The van der Waals surface area contributed by atoms with Crippen molar-refractivity contribution in [3.8, 4) is 5.75 Å². The van der Waals surface area contributed by atoms with Gasteiger partial charge in [-0.25, -0.2) is 4.79 Å². The van der Waals surface area contributed by atoms with Gasteiger partial charge in [0.15, 0.2) is 6.61 Å². The van der Waals surface area contributed by atoms with Gasteiger partial charge in [0.1, 0.15) is 11.3 Å². The molecule has 29 heavy (non-hydrogen) atoms. The fraction of sp³-hybridized carbons (Fsp3) is 0.227. The van der Waals surface area contributed by atoms with E-state index in [1.165, 1.54) is 0 Å². The first-order chi connectivity index (χ1) is 14.0. The molecule has 1 aliphatic rings. The number of carbonyl (C=O) groups excluding carboxylic acids is 2. The Morgan fingerprint density at radius 3 is 2.59 bits per heavy atom. The van der Waals surface area contributed by atoms with Gasteiger partial charge in [0.2, 0.25) is 0 Å². The molecule has 4 rings (SSSR count). The number of rotatable bonds is 5. The van der Waals surface area contributed by atoms with E-state index in [-0.39, 0.29) is 24.0 Å². The number of aryl methyl sites for hydroxylation is 1. The minimum Gasteiger partial charge on any atom is -0.484 e. The highest BCUT2D eigenvalue weighted by molar-refractivity contribution is 5.96. The van der Waals surface area contributed by atoms with E-state index in [9.17, 15) is 14.4 Å². The summed E-state index contributed by atoms with van der Waals surface area (Å²) in [6.45, 7) is -0.197. The van der Waals surface area contributed by atoms with Crippen molar-refractivity contribution in [2.75, 3.05) is 19.0 Å². The van der Waals surface area contributed by atoms with E-state index in [1.807, 2.05) is 6.07 Å². The lowest BCUT2D eigenvalue weighted by atomic mass is 10.1. The van der Waals surface area contributed by atoms with E-state index in [0.29, 0.717) is 22.6 Å². The average Bonchev–Trinajstić information content (AvgIpc) is 3.23. The van der Waals surface area contributed by atoms with E-state index in [4.69, 9.17) is 9.15 Å². The molecule has 1 aromatic heterocycles. The van der Waals surface area contributed by atoms with Crippen LogP contribution in [0.1, 0.15) is 27.9 Å². The molecule has 0 saturated heterocycles. The molecule has 2 N–H and O–H groups in total. The van der Waals surface area contributed by atoms with E-state index in [1.54, 1.807) is 43.4 Å². The molecule has 0 atom stereocenters. The van der Waals surface area contributed by atoms with Gasteiger partial charge in [-0.15, -0.1) is 0 Å². The number of hydrogen-bond acceptors (Lipinski definition) is 5. The normalized spacial score (nSPS) is 12.4. The summed E-state index contributed by atoms with van der Waals surface area (Å²) in [5.74, 6) is -0.0864. The summed E-state index contributed by atoms with van der Waals surface area (Å²) in [5, 5.41) is 6.17. The fourth-order valence-electron chi connectivity index (χ4n) is 3.55. The summed E-state index contributed by atoms with van der Waals surface area (Å²) >= 11 is 0. The molecule has 7 heteroatoms. The summed E-state index contributed by atoms with van der Waals surface area (Å²) in [4.78, 5) is 35.8. The van der Waals surface area contributed by atoms with Gasteiger partial charge in [0.05, 0.1) is 0 Å². The highest BCUT2D eigenvalue weighted by Gasteiger charge is 2.19. The molecule has 3 aromatic rings. The van der Waals surface area contributed by atoms with Gasteiger partial charge in [-0.3, -0.25) is 9.59 Å². The molecular weight excluding hydrogens is 372 g/mol. The van der Waals surface area contributed by atoms with Gasteiger partial charge in [0, 0.05) is 35.3 Å². The van der Waals surface area contributed by atoms with Crippen LogP contribution >= 0.6 is 0 Å². The standard InChI is InChI=1S/C22H20N2O5/c1-23-21(26)13-5-7-14(8-6-13)24-20(25)12-28-15-9-10-17-16-3-2-4-18(16)22(27)29-19(17)11-15/h5-11H,2-4,12H2,1H3,(H,23,26)(H,24,25). The van der Waals surface area contributed by atoms with Crippen LogP contribution in [-0.4, -0.2) is 25.5 Å². The van der Waals surface area contributed by atoms with Crippen LogP contribution in [0.3, 0.4) is 0 Å². The van der Waals surface area contributed by atoms with Crippen LogP contribution < -0.4 is 21.0 Å². The van der Waals surface area contributed by atoms with Gasteiger partial charge in [-0.05, 0) is 61.2 Å². The number of fused-ring (bicyclic) bond motifs is 3. The lowest BCUT2D eigenvalue weighted by Gasteiger charge is -2.09. The first-order valence-electron chi connectivity index (χ1n) is 9.38. The van der Waals surface area contributed by atoms with Crippen molar-refractivity contribution in [3.63, 3.8) is 0 Å². The minimum absolute atomic E-state index is 0.195. The van der Waals surface area contributed by atoms with Gasteiger partial charge in [-0.1, -0.05) is 0 Å². The smallest absolute Gasteiger partial charge is 0.339 e. The Bertz CT molecular complexity index is 1150. The van der Waals surface area contributed by atoms with Gasteiger partial charge < -0.3 is 19.8 Å². The van der Waals surface area contributed by atoms with Crippen LogP contribution in [0.25, 0.3) is 11.0 Å². The largest absolute Gasteiger partial charge is 0.484 e. The summed E-state index contributed by atoms with van der Waals surface area (Å²) < 4.78 is 11.0. The van der Waals surface area contributed by atoms with E-state index < -0.39 is 0 Å². The predicted octanol–water partition coefficient (Wildman–Crippen LogP) is 2.66. The fourth-order valence-corrected chi connectivity index (χ4v) is 3.55. The number of benzene rings is 2. The van der Waals surface area contributed by atoms with Crippen molar-refractivity contribution >= 4 is 28.5 Å². The SMILES string of the molecule is CNC(=O)c1ccc(NC(=O)COc2ccc3c4c(c(=O)oc3c2)CCC4)cc1.